The first-order valence-electron chi connectivity index (χ1n) is 8.16. The highest BCUT2D eigenvalue weighted by molar-refractivity contribution is 5.95. The minimum absolute atomic E-state index is 0.0488. The normalized spacial score (nSPS) is 11.6. The molecule has 0 aliphatic rings. The second kappa shape index (κ2) is 7.83. The first kappa shape index (κ1) is 18.5. The molecule has 0 fully saturated rings. The van der Waals surface area contributed by atoms with Crippen molar-refractivity contribution in [3.8, 4) is 5.75 Å². The number of nitrogens with one attached hydrogen (secondary N) is 1. The van der Waals surface area contributed by atoms with Crippen LogP contribution >= 0.6 is 0 Å². The van der Waals surface area contributed by atoms with Crippen molar-refractivity contribution in [1.29, 1.82) is 0 Å². The second-order valence-corrected chi connectivity index (χ2v) is 6.20. The van der Waals surface area contributed by atoms with E-state index in [-0.39, 0.29) is 11.8 Å². The van der Waals surface area contributed by atoms with Gasteiger partial charge in [0.05, 0.1) is 0 Å². The third-order valence-electron chi connectivity index (χ3n) is 3.87. The first-order valence-corrected chi connectivity index (χ1v) is 8.16. The lowest BCUT2D eigenvalue weighted by Gasteiger charge is -2.17. The van der Waals surface area contributed by atoms with Crippen LogP contribution in [0.15, 0.2) is 42.5 Å². The number of aryl methyl sites for hydroxylation is 2. The van der Waals surface area contributed by atoms with E-state index in [1.165, 1.54) is 11.8 Å². The van der Waals surface area contributed by atoms with Gasteiger partial charge in [-0.1, -0.05) is 6.07 Å². The molecular formula is C20H24N2O3. The smallest absolute Gasteiger partial charge is 0.265 e. The van der Waals surface area contributed by atoms with Crippen LogP contribution in [0.2, 0.25) is 0 Å². The van der Waals surface area contributed by atoms with Crippen LogP contribution in [0.3, 0.4) is 0 Å². The van der Waals surface area contributed by atoms with Crippen molar-refractivity contribution in [1.82, 2.24) is 0 Å². The van der Waals surface area contributed by atoms with Crippen LogP contribution in [0.5, 0.6) is 5.75 Å². The molecule has 0 spiro atoms. The van der Waals surface area contributed by atoms with E-state index in [0.717, 1.165) is 16.8 Å². The van der Waals surface area contributed by atoms with Gasteiger partial charge < -0.3 is 15.0 Å². The molecule has 0 saturated carbocycles. The summed E-state index contributed by atoms with van der Waals surface area (Å²) in [6, 6.07) is 13.0. The number of nitrogens with zero attached hydrogens (tertiary/aromatic N) is 1. The minimum Gasteiger partial charge on any atom is -0.481 e. The Morgan fingerprint density at radius 1 is 1.04 bits per heavy atom. The van der Waals surface area contributed by atoms with Gasteiger partial charge in [0, 0.05) is 25.3 Å². The molecule has 5 heteroatoms. The molecule has 2 amide bonds. The monoisotopic (exact) mass is 340 g/mol. The maximum absolute atomic E-state index is 12.3. The van der Waals surface area contributed by atoms with Crippen molar-refractivity contribution in [3.05, 3.63) is 53.6 Å². The van der Waals surface area contributed by atoms with E-state index in [4.69, 9.17) is 4.74 Å². The molecule has 2 aromatic carbocycles. The lowest BCUT2D eigenvalue weighted by molar-refractivity contribution is -0.122. The topological polar surface area (TPSA) is 58.6 Å². The quantitative estimate of drug-likeness (QED) is 0.903. The molecule has 1 atom stereocenters. The predicted molar refractivity (Wildman–Crippen MR) is 100 cm³/mol. The molecule has 0 heterocycles. The van der Waals surface area contributed by atoms with Gasteiger partial charge in [-0.2, -0.15) is 0 Å². The highest BCUT2D eigenvalue weighted by Crippen LogP contribution is 2.19. The van der Waals surface area contributed by atoms with Crippen LogP contribution in [0.4, 0.5) is 11.4 Å². The summed E-state index contributed by atoms with van der Waals surface area (Å²) in [6.07, 6.45) is -0.624. The van der Waals surface area contributed by atoms with Crippen molar-refractivity contribution in [3.63, 3.8) is 0 Å². The number of hydrogen-bond acceptors (Lipinski definition) is 3. The Bertz CT molecular complexity index is 749. The summed E-state index contributed by atoms with van der Waals surface area (Å²) in [4.78, 5) is 25.2. The number of carbonyl (C=O) groups excluding carboxylic acids is 2. The largest absolute Gasteiger partial charge is 0.481 e. The fourth-order valence-corrected chi connectivity index (χ4v) is 2.45. The van der Waals surface area contributed by atoms with Crippen LogP contribution in [-0.2, 0) is 9.59 Å². The van der Waals surface area contributed by atoms with Gasteiger partial charge in [0.2, 0.25) is 5.91 Å². The molecule has 2 aromatic rings. The fourth-order valence-electron chi connectivity index (χ4n) is 2.45. The van der Waals surface area contributed by atoms with E-state index < -0.39 is 6.10 Å². The number of amides is 2. The van der Waals surface area contributed by atoms with E-state index in [2.05, 4.69) is 11.4 Å². The highest BCUT2D eigenvalue weighted by atomic mass is 16.5. The van der Waals surface area contributed by atoms with Crippen LogP contribution in [-0.4, -0.2) is 25.0 Å². The predicted octanol–water partition coefficient (Wildman–Crippen LogP) is 3.69. The van der Waals surface area contributed by atoms with Gasteiger partial charge in [0.25, 0.3) is 5.91 Å². The maximum Gasteiger partial charge on any atom is 0.265 e. The lowest BCUT2D eigenvalue weighted by atomic mass is 10.1. The molecule has 2 rings (SSSR count). The van der Waals surface area contributed by atoms with Gasteiger partial charge in [-0.15, -0.1) is 0 Å². The third kappa shape index (κ3) is 5.08. The summed E-state index contributed by atoms with van der Waals surface area (Å²) >= 11 is 0. The number of anilines is 2. The Morgan fingerprint density at radius 2 is 1.60 bits per heavy atom. The van der Waals surface area contributed by atoms with E-state index in [1.54, 1.807) is 38.2 Å². The summed E-state index contributed by atoms with van der Waals surface area (Å²) in [5.74, 6) is 0.401. The highest BCUT2D eigenvalue weighted by Gasteiger charge is 2.15. The number of hydrogen-bond donors (Lipinski definition) is 1. The van der Waals surface area contributed by atoms with E-state index in [9.17, 15) is 9.59 Å². The first-order chi connectivity index (χ1) is 11.8. The third-order valence-corrected chi connectivity index (χ3v) is 3.87. The Kier molecular flexibility index (Phi) is 5.80. The molecule has 0 aliphatic carbocycles. The molecule has 0 aromatic heterocycles. The zero-order chi connectivity index (χ0) is 18.6. The molecule has 132 valence electrons. The van der Waals surface area contributed by atoms with Crippen molar-refractivity contribution >= 4 is 23.2 Å². The number of ether oxygens (including phenoxy) is 1. The molecule has 5 nitrogen and oxygen atoms in total. The number of rotatable bonds is 5. The van der Waals surface area contributed by atoms with Gasteiger partial charge in [-0.25, -0.2) is 0 Å². The molecule has 0 radical (unpaired) electrons. The zero-order valence-corrected chi connectivity index (χ0v) is 15.3. The SMILES string of the molecule is CC(=O)N(C)c1ccc(NC(=O)[C@@H](C)Oc2cc(C)cc(C)c2)cc1. The fraction of sp³-hybridized carbons (Fsp3) is 0.300. The number of carbonyl (C=O) groups is 2. The average Bonchev–Trinajstić information content (AvgIpc) is 2.53. The standard InChI is InChI=1S/C20H24N2O3/c1-13-10-14(2)12-19(11-13)25-15(3)20(24)21-17-6-8-18(9-7-17)22(5)16(4)23/h6-12,15H,1-5H3,(H,21,24)/t15-/m1/s1. The maximum atomic E-state index is 12.3. The molecule has 0 aliphatic heterocycles. The summed E-state index contributed by atoms with van der Waals surface area (Å²) in [6.45, 7) is 7.20. The van der Waals surface area contributed by atoms with Crippen LogP contribution in [0.25, 0.3) is 0 Å². The summed E-state index contributed by atoms with van der Waals surface area (Å²) in [7, 11) is 1.70. The van der Waals surface area contributed by atoms with Crippen molar-refractivity contribution in [2.24, 2.45) is 0 Å². The van der Waals surface area contributed by atoms with Crippen LogP contribution in [0.1, 0.15) is 25.0 Å². The van der Waals surface area contributed by atoms with Gasteiger partial charge in [-0.3, -0.25) is 9.59 Å². The van der Waals surface area contributed by atoms with Gasteiger partial charge in [-0.05, 0) is 68.3 Å². The van der Waals surface area contributed by atoms with Crippen LogP contribution in [0, 0.1) is 13.8 Å². The van der Waals surface area contributed by atoms with E-state index in [1.807, 2.05) is 26.0 Å². The van der Waals surface area contributed by atoms with Gasteiger partial charge in [0.1, 0.15) is 5.75 Å². The molecular weight excluding hydrogens is 316 g/mol. The molecule has 25 heavy (non-hydrogen) atoms. The van der Waals surface area contributed by atoms with Crippen molar-refractivity contribution < 1.29 is 14.3 Å². The molecule has 0 saturated heterocycles. The van der Waals surface area contributed by atoms with Crippen LogP contribution < -0.4 is 15.0 Å². The summed E-state index contributed by atoms with van der Waals surface area (Å²) < 4.78 is 5.74. The van der Waals surface area contributed by atoms with Gasteiger partial charge >= 0.3 is 0 Å². The van der Waals surface area contributed by atoms with E-state index in [0.29, 0.717) is 11.4 Å². The summed E-state index contributed by atoms with van der Waals surface area (Å²) in [5.41, 5.74) is 3.60. The Morgan fingerprint density at radius 3 is 2.12 bits per heavy atom. The Balaban J connectivity index is 1.99. The second-order valence-electron chi connectivity index (χ2n) is 6.20. The molecule has 1 N–H and O–H groups in total. The molecule has 0 unspecified atom stereocenters. The number of benzene rings is 2. The zero-order valence-electron chi connectivity index (χ0n) is 15.3. The van der Waals surface area contributed by atoms with Crippen molar-refractivity contribution in [2.45, 2.75) is 33.8 Å². The average molecular weight is 340 g/mol. The lowest BCUT2D eigenvalue weighted by Crippen LogP contribution is -2.30. The van der Waals surface area contributed by atoms with E-state index >= 15 is 0 Å². The molecule has 0 bridgehead atoms. The summed E-state index contributed by atoms with van der Waals surface area (Å²) in [5, 5.41) is 2.82. The Labute approximate surface area is 148 Å². The van der Waals surface area contributed by atoms with Gasteiger partial charge in [0.15, 0.2) is 6.10 Å². The van der Waals surface area contributed by atoms with Crippen molar-refractivity contribution in [2.75, 3.05) is 17.3 Å². The Hall–Kier alpha value is -2.82. The minimum atomic E-state index is -0.624.